The fourth-order valence-corrected chi connectivity index (χ4v) is 3.17. The normalized spacial score (nSPS) is 32.1. The Bertz CT molecular complexity index is 340. The molecule has 5 nitrogen and oxygen atoms in total. The Morgan fingerprint density at radius 3 is 2.68 bits per heavy atom. The van der Waals surface area contributed by atoms with E-state index in [-0.39, 0.29) is 11.9 Å². The van der Waals surface area contributed by atoms with E-state index >= 15 is 0 Å². The molecule has 0 aromatic rings. The molecule has 2 unspecified atom stereocenters. The van der Waals surface area contributed by atoms with E-state index in [9.17, 15) is 14.7 Å². The van der Waals surface area contributed by atoms with Gasteiger partial charge in [-0.15, -0.1) is 0 Å². The molecular weight excluding hydrogens is 244 g/mol. The topological polar surface area (TPSA) is 69.6 Å². The number of carboxylic acid groups (broad SMARTS) is 1. The Balaban J connectivity index is 2.03. The van der Waals surface area contributed by atoms with Gasteiger partial charge in [0.1, 0.15) is 6.04 Å². The van der Waals surface area contributed by atoms with Crippen molar-refractivity contribution in [3.05, 3.63) is 0 Å². The van der Waals surface area contributed by atoms with Crippen molar-refractivity contribution >= 4 is 11.9 Å². The molecule has 2 aliphatic heterocycles. The van der Waals surface area contributed by atoms with Gasteiger partial charge in [0.05, 0.1) is 6.04 Å². The van der Waals surface area contributed by atoms with E-state index in [1.807, 2.05) is 0 Å². The second-order valence-electron chi connectivity index (χ2n) is 5.69. The van der Waals surface area contributed by atoms with Gasteiger partial charge in [-0.3, -0.25) is 4.79 Å². The minimum Gasteiger partial charge on any atom is -0.480 e. The first-order valence-corrected chi connectivity index (χ1v) is 7.40. The van der Waals surface area contributed by atoms with Gasteiger partial charge in [0.2, 0.25) is 5.91 Å². The second kappa shape index (κ2) is 6.37. The number of carbonyl (C=O) groups excluding carboxylic acids is 1. The molecule has 5 heteroatoms. The summed E-state index contributed by atoms with van der Waals surface area (Å²) in [6.45, 7) is 3.54. The van der Waals surface area contributed by atoms with Gasteiger partial charge in [-0.1, -0.05) is 19.8 Å². The Kier molecular flexibility index (Phi) is 4.80. The Morgan fingerprint density at radius 1 is 1.32 bits per heavy atom. The van der Waals surface area contributed by atoms with Crippen molar-refractivity contribution < 1.29 is 14.7 Å². The summed E-state index contributed by atoms with van der Waals surface area (Å²) in [7, 11) is 0. The molecule has 3 atom stereocenters. The fraction of sp³-hybridized carbons (Fsp3) is 0.857. The quantitative estimate of drug-likeness (QED) is 0.807. The predicted octanol–water partition coefficient (Wildman–Crippen LogP) is 1.23. The highest BCUT2D eigenvalue weighted by atomic mass is 16.4. The molecule has 2 saturated heterocycles. The minimum absolute atomic E-state index is 0.0124. The molecule has 0 spiro atoms. The standard InChI is InChI=1S/C14H24N2O3/c1-2-10-6-8-16(12(9-10)14(18)19)13(17)11-5-3-4-7-15-11/h10-12,15H,2-9H2,1H3,(H,18,19)/t10?,11-,12?/m1/s1. The monoisotopic (exact) mass is 268 g/mol. The molecule has 19 heavy (non-hydrogen) atoms. The lowest BCUT2D eigenvalue weighted by molar-refractivity contribution is -0.154. The molecule has 0 bridgehead atoms. The number of piperidine rings is 2. The number of nitrogens with one attached hydrogen (secondary N) is 1. The summed E-state index contributed by atoms with van der Waals surface area (Å²) < 4.78 is 0. The van der Waals surface area contributed by atoms with Crippen molar-refractivity contribution in [2.75, 3.05) is 13.1 Å². The van der Waals surface area contributed by atoms with Crippen LogP contribution >= 0.6 is 0 Å². The largest absolute Gasteiger partial charge is 0.480 e. The van der Waals surface area contributed by atoms with E-state index < -0.39 is 12.0 Å². The van der Waals surface area contributed by atoms with Crippen LogP contribution in [0.25, 0.3) is 0 Å². The lowest BCUT2D eigenvalue weighted by atomic mass is 9.88. The van der Waals surface area contributed by atoms with Crippen LogP contribution in [0.15, 0.2) is 0 Å². The molecule has 2 fully saturated rings. The highest BCUT2D eigenvalue weighted by Gasteiger charge is 2.38. The van der Waals surface area contributed by atoms with Crippen LogP contribution in [0.4, 0.5) is 0 Å². The summed E-state index contributed by atoms with van der Waals surface area (Å²) in [6.07, 6.45) is 5.51. The first kappa shape index (κ1) is 14.3. The minimum atomic E-state index is -0.859. The Labute approximate surface area is 114 Å². The van der Waals surface area contributed by atoms with Gasteiger partial charge in [0.25, 0.3) is 0 Å². The number of nitrogens with zero attached hydrogens (tertiary/aromatic N) is 1. The highest BCUT2D eigenvalue weighted by molar-refractivity contribution is 5.87. The van der Waals surface area contributed by atoms with Crippen LogP contribution < -0.4 is 5.32 Å². The number of hydrogen-bond donors (Lipinski definition) is 2. The maximum absolute atomic E-state index is 12.5. The Hall–Kier alpha value is -1.10. The number of hydrogen-bond acceptors (Lipinski definition) is 3. The maximum Gasteiger partial charge on any atom is 0.326 e. The number of likely N-dealkylation sites (tertiary alicyclic amines) is 1. The average molecular weight is 268 g/mol. The van der Waals surface area contributed by atoms with Crippen LogP contribution in [0.2, 0.25) is 0 Å². The maximum atomic E-state index is 12.5. The van der Waals surface area contributed by atoms with E-state index in [0.717, 1.165) is 38.6 Å². The van der Waals surface area contributed by atoms with Crippen molar-refractivity contribution in [1.82, 2.24) is 10.2 Å². The van der Waals surface area contributed by atoms with Crippen LogP contribution in [-0.4, -0.2) is 47.1 Å². The van der Waals surface area contributed by atoms with Crippen LogP contribution in [0.5, 0.6) is 0 Å². The smallest absolute Gasteiger partial charge is 0.326 e. The zero-order valence-electron chi connectivity index (χ0n) is 11.6. The summed E-state index contributed by atoms with van der Waals surface area (Å²) in [5, 5.41) is 12.6. The lowest BCUT2D eigenvalue weighted by Crippen LogP contribution is -2.56. The van der Waals surface area contributed by atoms with E-state index in [1.54, 1.807) is 4.90 Å². The van der Waals surface area contributed by atoms with Crippen molar-refractivity contribution in [2.45, 2.75) is 57.5 Å². The second-order valence-corrected chi connectivity index (χ2v) is 5.69. The van der Waals surface area contributed by atoms with Crippen molar-refractivity contribution in [1.29, 1.82) is 0 Å². The molecule has 2 rings (SSSR count). The molecule has 0 aromatic heterocycles. The zero-order chi connectivity index (χ0) is 13.8. The number of amides is 1. The molecule has 108 valence electrons. The van der Waals surface area contributed by atoms with Crippen molar-refractivity contribution in [3.8, 4) is 0 Å². The molecule has 0 saturated carbocycles. The third-order valence-corrected chi connectivity index (χ3v) is 4.46. The molecule has 0 radical (unpaired) electrons. The first-order valence-electron chi connectivity index (χ1n) is 7.40. The lowest BCUT2D eigenvalue weighted by Gasteiger charge is -2.39. The van der Waals surface area contributed by atoms with Crippen molar-refractivity contribution in [2.24, 2.45) is 5.92 Å². The molecular formula is C14H24N2O3. The van der Waals surface area contributed by atoms with Gasteiger partial charge in [0, 0.05) is 6.54 Å². The molecule has 0 aromatic carbocycles. The summed E-state index contributed by atoms with van der Waals surface area (Å²) in [4.78, 5) is 25.5. The van der Waals surface area contributed by atoms with E-state index in [0.29, 0.717) is 18.9 Å². The van der Waals surface area contributed by atoms with Gasteiger partial charge < -0.3 is 15.3 Å². The SMILES string of the molecule is CCC1CCN(C(=O)[C@H]2CCCCN2)C(C(=O)O)C1. The van der Waals surface area contributed by atoms with E-state index in [4.69, 9.17) is 0 Å². The van der Waals surface area contributed by atoms with Crippen LogP contribution in [0, 0.1) is 5.92 Å². The van der Waals surface area contributed by atoms with E-state index in [1.165, 1.54) is 0 Å². The van der Waals surface area contributed by atoms with Crippen LogP contribution in [0.3, 0.4) is 0 Å². The first-order chi connectivity index (χ1) is 9.13. The van der Waals surface area contributed by atoms with Gasteiger partial charge in [-0.05, 0) is 38.1 Å². The molecule has 2 aliphatic rings. The fourth-order valence-electron chi connectivity index (χ4n) is 3.17. The summed E-state index contributed by atoms with van der Waals surface area (Å²) in [5.74, 6) is -0.437. The number of carbonyl (C=O) groups is 2. The summed E-state index contributed by atoms with van der Waals surface area (Å²) in [6, 6.07) is -0.802. The molecule has 1 amide bonds. The molecule has 0 aliphatic carbocycles. The number of aliphatic carboxylic acids is 1. The molecule has 2 N–H and O–H groups in total. The van der Waals surface area contributed by atoms with Gasteiger partial charge >= 0.3 is 5.97 Å². The third kappa shape index (κ3) is 3.26. The number of carboxylic acids is 1. The highest BCUT2D eigenvalue weighted by Crippen LogP contribution is 2.26. The average Bonchev–Trinajstić information content (AvgIpc) is 2.46. The molecule has 2 heterocycles. The third-order valence-electron chi connectivity index (χ3n) is 4.46. The van der Waals surface area contributed by atoms with Gasteiger partial charge in [-0.25, -0.2) is 4.79 Å². The summed E-state index contributed by atoms with van der Waals surface area (Å²) in [5.41, 5.74) is 0. The van der Waals surface area contributed by atoms with Crippen LogP contribution in [0.1, 0.15) is 45.4 Å². The Morgan fingerprint density at radius 2 is 2.11 bits per heavy atom. The van der Waals surface area contributed by atoms with Gasteiger partial charge in [-0.2, -0.15) is 0 Å². The van der Waals surface area contributed by atoms with Crippen LogP contribution in [-0.2, 0) is 9.59 Å². The van der Waals surface area contributed by atoms with E-state index in [2.05, 4.69) is 12.2 Å². The zero-order valence-corrected chi connectivity index (χ0v) is 11.6. The predicted molar refractivity (Wildman–Crippen MR) is 71.8 cm³/mol. The summed E-state index contributed by atoms with van der Waals surface area (Å²) >= 11 is 0. The number of rotatable bonds is 3. The van der Waals surface area contributed by atoms with Crippen molar-refractivity contribution in [3.63, 3.8) is 0 Å². The van der Waals surface area contributed by atoms with Gasteiger partial charge in [0.15, 0.2) is 0 Å².